The standard InChI is InChI=1S/C38H56N2O5/c1-23(2)25-12-17-38(33(44)40-22-30(41)42)19-18-36(6)26(31(25)38)10-11-28-35(5)15-14-29(45-32(43)24-9-8-20-39-21-24)34(3,4)27(35)13-16-37(28,36)7/h8-9,20-21,23,25-29,31H,10-19,22H2,1-7H3,(H,40,44)(H,41,42)/t25?,26?,27?,28?,29-,31?,35+,36-,37-,38+/m1/s1. The molecule has 10 atom stereocenters. The van der Waals surface area contributed by atoms with Gasteiger partial charge in [0.2, 0.25) is 5.91 Å². The molecule has 0 aliphatic heterocycles. The number of nitrogens with zero attached hydrogens (tertiary/aromatic N) is 1. The van der Waals surface area contributed by atoms with Gasteiger partial charge in [-0.1, -0.05) is 48.5 Å². The number of carbonyl (C=O) groups is 3. The molecule has 0 aromatic carbocycles. The Morgan fingerprint density at radius 3 is 2.36 bits per heavy atom. The lowest BCUT2D eigenvalue weighted by molar-refractivity contribution is -0.247. The minimum atomic E-state index is -0.974. The topological polar surface area (TPSA) is 106 Å². The molecular formula is C38H56N2O5. The minimum absolute atomic E-state index is 0.0102. The number of rotatable bonds is 6. The highest BCUT2D eigenvalue weighted by molar-refractivity contribution is 5.89. The Balaban J connectivity index is 1.29. The van der Waals surface area contributed by atoms with Crippen LogP contribution in [-0.4, -0.2) is 40.6 Å². The summed E-state index contributed by atoms with van der Waals surface area (Å²) in [5, 5.41) is 12.2. The quantitative estimate of drug-likeness (QED) is 0.318. The third kappa shape index (κ3) is 4.71. The summed E-state index contributed by atoms with van der Waals surface area (Å²) in [5.41, 5.74) is 0.364. The molecule has 5 saturated carbocycles. The van der Waals surface area contributed by atoms with Crippen LogP contribution in [0.5, 0.6) is 0 Å². The van der Waals surface area contributed by atoms with E-state index >= 15 is 0 Å². The van der Waals surface area contributed by atoms with E-state index in [1.165, 1.54) is 6.42 Å². The van der Waals surface area contributed by atoms with E-state index in [2.05, 4.69) is 58.8 Å². The lowest BCUT2D eigenvalue weighted by Gasteiger charge is -2.73. The number of ether oxygens (including phenoxy) is 1. The predicted octanol–water partition coefficient (Wildman–Crippen LogP) is 7.55. The van der Waals surface area contributed by atoms with Gasteiger partial charge in [-0.25, -0.2) is 4.79 Å². The molecule has 2 N–H and O–H groups in total. The molecular weight excluding hydrogens is 564 g/mol. The second-order valence-corrected chi connectivity index (χ2v) is 17.4. The predicted molar refractivity (Wildman–Crippen MR) is 173 cm³/mol. The number of carboxylic acids is 1. The number of hydrogen-bond donors (Lipinski definition) is 2. The SMILES string of the molecule is CC(C)C1CC[C@]2(C(=O)NCC(=O)O)CC[C@]3(C)C(CCC4[C@@]5(C)CC[C@@H](OC(=O)c6cccnc6)C(C)(C)C5CC[C@]43C)C12. The lowest BCUT2D eigenvalue weighted by Crippen LogP contribution is -2.67. The zero-order valence-corrected chi connectivity index (χ0v) is 28.7. The van der Waals surface area contributed by atoms with Gasteiger partial charge >= 0.3 is 11.9 Å². The van der Waals surface area contributed by atoms with Crippen LogP contribution >= 0.6 is 0 Å². The van der Waals surface area contributed by atoms with Crippen LogP contribution in [0.15, 0.2) is 24.5 Å². The van der Waals surface area contributed by atoms with E-state index in [4.69, 9.17) is 4.74 Å². The number of esters is 1. The van der Waals surface area contributed by atoms with Gasteiger partial charge in [0.25, 0.3) is 0 Å². The van der Waals surface area contributed by atoms with E-state index in [-0.39, 0.29) is 46.2 Å². The molecule has 5 aliphatic carbocycles. The Labute approximate surface area is 270 Å². The first-order valence-corrected chi connectivity index (χ1v) is 17.7. The van der Waals surface area contributed by atoms with Crippen molar-refractivity contribution in [3.05, 3.63) is 30.1 Å². The van der Waals surface area contributed by atoms with E-state index in [1.807, 2.05) is 0 Å². The number of amides is 1. The van der Waals surface area contributed by atoms with Crippen molar-refractivity contribution in [3.63, 3.8) is 0 Å². The Morgan fingerprint density at radius 1 is 0.933 bits per heavy atom. The first-order valence-electron chi connectivity index (χ1n) is 17.7. The van der Waals surface area contributed by atoms with Crippen molar-refractivity contribution in [2.24, 2.45) is 62.6 Å². The van der Waals surface area contributed by atoms with Gasteiger partial charge in [-0.15, -0.1) is 0 Å². The van der Waals surface area contributed by atoms with Crippen LogP contribution in [0.1, 0.15) is 123 Å². The number of nitrogens with one attached hydrogen (secondary N) is 1. The van der Waals surface area contributed by atoms with Crippen molar-refractivity contribution in [3.8, 4) is 0 Å². The highest BCUT2D eigenvalue weighted by Crippen LogP contribution is 2.77. The van der Waals surface area contributed by atoms with Gasteiger partial charge in [-0.3, -0.25) is 14.6 Å². The Kier molecular flexibility index (Phi) is 8.00. The van der Waals surface area contributed by atoms with Crippen LogP contribution in [0.25, 0.3) is 0 Å². The van der Waals surface area contributed by atoms with E-state index in [0.29, 0.717) is 41.1 Å². The van der Waals surface area contributed by atoms with Crippen LogP contribution in [-0.2, 0) is 14.3 Å². The highest BCUT2D eigenvalue weighted by Gasteiger charge is 2.72. The Hall–Kier alpha value is -2.44. The molecule has 6 rings (SSSR count). The van der Waals surface area contributed by atoms with Crippen molar-refractivity contribution in [2.45, 2.75) is 119 Å². The molecule has 7 nitrogen and oxygen atoms in total. The molecule has 248 valence electrons. The molecule has 0 radical (unpaired) electrons. The fraction of sp³-hybridized carbons (Fsp3) is 0.789. The monoisotopic (exact) mass is 620 g/mol. The summed E-state index contributed by atoms with van der Waals surface area (Å²) in [4.78, 5) is 42.6. The highest BCUT2D eigenvalue weighted by atomic mass is 16.5. The van der Waals surface area contributed by atoms with E-state index in [0.717, 1.165) is 57.8 Å². The van der Waals surface area contributed by atoms with Crippen LogP contribution < -0.4 is 5.32 Å². The fourth-order valence-corrected chi connectivity index (χ4v) is 13.0. The summed E-state index contributed by atoms with van der Waals surface area (Å²) < 4.78 is 6.25. The Bertz CT molecular complexity index is 1330. The molecule has 1 aromatic rings. The zero-order valence-electron chi connectivity index (χ0n) is 28.7. The average Bonchev–Trinajstić information content (AvgIpc) is 3.39. The zero-order chi connectivity index (χ0) is 32.6. The van der Waals surface area contributed by atoms with Gasteiger partial charge < -0.3 is 15.2 Å². The molecule has 1 heterocycles. The molecule has 1 aromatic heterocycles. The summed E-state index contributed by atoms with van der Waals surface area (Å²) in [5.74, 6) is 1.52. The molecule has 5 fully saturated rings. The van der Waals surface area contributed by atoms with E-state index in [1.54, 1.807) is 24.5 Å². The van der Waals surface area contributed by atoms with Crippen molar-refractivity contribution >= 4 is 17.8 Å². The smallest absolute Gasteiger partial charge is 0.339 e. The molecule has 0 saturated heterocycles. The number of aliphatic carboxylic acids is 1. The average molecular weight is 621 g/mol. The second-order valence-electron chi connectivity index (χ2n) is 17.4. The van der Waals surface area contributed by atoms with Gasteiger partial charge in [-0.05, 0) is 128 Å². The van der Waals surface area contributed by atoms with Gasteiger partial charge in [0.15, 0.2) is 0 Å². The van der Waals surface area contributed by atoms with Crippen molar-refractivity contribution in [2.75, 3.05) is 6.54 Å². The molecule has 45 heavy (non-hydrogen) atoms. The molecule has 1 amide bonds. The Morgan fingerprint density at radius 2 is 1.69 bits per heavy atom. The second kappa shape index (κ2) is 11.1. The van der Waals surface area contributed by atoms with E-state index < -0.39 is 11.4 Å². The fourth-order valence-electron chi connectivity index (χ4n) is 13.0. The normalized spacial score (nSPS) is 43.3. The van der Waals surface area contributed by atoms with Crippen molar-refractivity contribution in [1.29, 1.82) is 0 Å². The van der Waals surface area contributed by atoms with Gasteiger partial charge in [0.1, 0.15) is 12.6 Å². The number of carboxylic acid groups (broad SMARTS) is 1. The molecule has 0 bridgehead atoms. The lowest BCUT2D eigenvalue weighted by atomic mass is 9.32. The molecule has 5 unspecified atom stereocenters. The van der Waals surface area contributed by atoms with Gasteiger partial charge in [-0.2, -0.15) is 0 Å². The third-order valence-corrected chi connectivity index (χ3v) is 15.3. The largest absolute Gasteiger partial charge is 0.480 e. The van der Waals surface area contributed by atoms with Crippen LogP contribution in [0.3, 0.4) is 0 Å². The molecule has 7 heteroatoms. The number of aromatic nitrogens is 1. The van der Waals surface area contributed by atoms with Crippen LogP contribution in [0.4, 0.5) is 0 Å². The minimum Gasteiger partial charge on any atom is -0.480 e. The summed E-state index contributed by atoms with van der Waals surface area (Å²) in [6.07, 6.45) is 13.5. The van der Waals surface area contributed by atoms with Crippen LogP contribution in [0, 0.1) is 62.6 Å². The number of hydrogen-bond acceptors (Lipinski definition) is 5. The third-order valence-electron chi connectivity index (χ3n) is 15.3. The maximum atomic E-state index is 13.9. The summed E-state index contributed by atoms with van der Waals surface area (Å²) in [6, 6.07) is 3.56. The molecule has 0 spiro atoms. The van der Waals surface area contributed by atoms with Crippen molar-refractivity contribution < 1.29 is 24.2 Å². The summed E-state index contributed by atoms with van der Waals surface area (Å²) in [6.45, 7) is 16.8. The summed E-state index contributed by atoms with van der Waals surface area (Å²) >= 11 is 0. The van der Waals surface area contributed by atoms with Crippen LogP contribution in [0.2, 0.25) is 0 Å². The van der Waals surface area contributed by atoms with Crippen molar-refractivity contribution in [1.82, 2.24) is 10.3 Å². The van der Waals surface area contributed by atoms with E-state index in [9.17, 15) is 19.5 Å². The maximum Gasteiger partial charge on any atom is 0.339 e. The number of fused-ring (bicyclic) bond motifs is 7. The number of carbonyl (C=O) groups excluding carboxylic acids is 2. The van der Waals surface area contributed by atoms with Gasteiger partial charge in [0.05, 0.1) is 11.0 Å². The maximum absolute atomic E-state index is 13.9. The first-order chi connectivity index (χ1) is 21.1. The molecule has 5 aliphatic rings. The van der Waals surface area contributed by atoms with Gasteiger partial charge in [0, 0.05) is 17.8 Å². The first kappa shape index (κ1) is 32.5. The summed E-state index contributed by atoms with van der Waals surface area (Å²) in [7, 11) is 0. The number of pyridine rings is 1.